The lowest BCUT2D eigenvalue weighted by Crippen LogP contribution is -2.52. The van der Waals surface area contributed by atoms with Crippen molar-refractivity contribution in [3.8, 4) is 5.75 Å². The molecule has 1 saturated heterocycles. The molecule has 0 saturated carbocycles. The zero-order valence-corrected chi connectivity index (χ0v) is 12.7. The van der Waals surface area contributed by atoms with E-state index in [1.807, 2.05) is 18.2 Å². The Balaban J connectivity index is 2.06. The Labute approximate surface area is 120 Å². The Hall–Kier alpha value is -0.770. The van der Waals surface area contributed by atoms with Gasteiger partial charge in [-0.25, -0.2) is 0 Å². The van der Waals surface area contributed by atoms with Crippen molar-refractivity contribution < 1.29 is 4.74 Å². The van der Waals surface area contributed by atoms with E-state index in [0.717, 1.165) is 42.4 Å². The number of rotatable bonds is 4. The Morgan fingerprint density at radius 3 is 2.95 bits per heavy atom. The largest absolute Gasteiger partial charge is 0.496 e. The standard InChI is InChI=1S/C15H23ClN2O/c1-15(2)10-17-8-7-14(15)18-9-11-12(16)5-4-6-13(11)19-3/h4-6,14,17-18H,7-10H2,1-3H3. The van der Waals surface area contributed by atoms with E-state index >= 15 is 0 Å². The maximum Gasteiger partial charge on any atom is 0.124 e. The predicted molar refractivity (Wildman–Crippen MR) is 79.9 cm³/mol. The third-order valence-electron chi connectivity index (χ3n) is 3.95. The molecule has 0 bridgehead atoms. The molecule has 0 amide bonds. The summed E-state index contributed by atoms with van der Waals surface area (Å²) in [7, 11) is 1.68. The zero-order chi connectivity index (χ0) is 13.9. The number of hydrogen-bond donors (Lipinski definition) is 2. The topological polar surface area (TPSA) is 33.3 Å². The molecule has 19 heavy (non-hydrogen) atoms. The van der Waals surface area contributed by atoms with E-state index in [-0.39, 0.29) is 5.41 Å². The predicted octanol–water partition coefficient (Wildman–Crippen LogP) is 2.83. The third-order valence-corrected chi connectivity index (χ3v) is 4.31. The maximum absolute atomic E-state index is 6.26. The van der Waals surface area contributed by atoms with Gasteiger partial charge in [0.2, 0.25) is 0 Å². The average Bonchev–Trinajstić information content (AvgIpc) is 2.38. The molecule has 1 atom stereocenters. The van der Waals surface area contributed by atoms with Crippen molar-refractivity contribution in [2.24, 2.45) is 5.41 Å². The van der Waals surface area contributed by atoms with E-state index in [1.165, 1.54) is 0 Å². The summed E-state index contributed by atoms with van der Waals surface area (Å²) in [6.07, 6.45) is 1.14. The quantitative estimate of drug-likeness (QED) is 0.891. The van der Waals surface area contributed by atoms with Crippen molar-refractivity contribution in [2.75, 3.05) is 20.2 Å². The molecule has 2 rings (SSSR count). The first-order chi connectivity index (χ1) is 9.04. The lowest BCUT2D eigenvalue weighted by Gasteiger charge is -2.39. The summed E-state index contributed by atoms with van der Waals surface area (Å²) in [6, 6.07) is 6.28. The average molecular weight is 283 g/mol. The minimum Gasteiger partial charge on any atom is -0.496 e. The van der Waals surface area contributed by atoms with Gasteiger partial charge in [0.25, 0.3) is 0 Å². The van der Waals surface area contributed by atoms with Crippen LogP contribution in [0.5, 0.6) is 5.75 Å². The van der Waals surface area contributed by atoms with Gasteiger partial charge in [0.1, 0.15) is 5.75 Å². The molecule has 0 radical (unpaired) electrons. The van der Waals surface area contributed by atoms with Crippen LogP contribution in [0.25, 0.3) is 0 Å². The first-order valence-electron chi connectivity index (χ1n) is 6.80. The van der Waals surface area contributed by atoms with Crippen molar-refractivity contribution in [2.45, 2.75) is 32.9 Å². The third kappa shape index (κ3) is 3.41. The molecule has 3 nitrogen and oxygen atoms in total. The fraction of sp³-hybridized carbons (Fsp3) is 0.600. The van der Waals surface area contributed by atoms with Crippen molar-refractivity contribution in [3.63, 3.8) is 0 Å². The highest BCUT2D eigenvalue weighted by Gasteiger charge is 2.31. The first-order valence-corrected chi connectivity index (χ1v) is 7.18. The van der Waals surface area contributed by atoms with Gasteiger partial charge in [0, 0.05) is 29.7 Å². The van der Waals surface area contributed by atoms with Gasteiger partial charge in [-0.1, -0.05) is 31.5 Å². The van der Waals surface area contributed by atoms with E-state index < -0.39 is 0 Å². The molecule has 106 valence electrons. The maximum atomic E-state index is 6.26. The summed E-state index contributed by atoms with van der Waals surface area (Å²) in [4.78, 5) is 0. The van der Waals surface area contributed by atoms with Crippen molar-refractivity contribution in [1.82, 2.24) is 10.6 Å². The molecule has 0 aromatic heterocycles. The van der Waals surface area contributed by atoms with Gasteiger partial charge in [-0.15, -0.1) is 0 Å². The van der Waals surface area contributed by atoms with Gasteiger partial charge in [0.05, 0.1) is 7.11 Å². The van der Waals surface area contributed by atoms with Crippen LogP contribution in [-0.2, 0) is 6.54 Å². The Kier molecular flexibility index (Phi) is 4.71. The molecule has 1 unspecified atom stereocenters. The molecule has 1 aliphatic rings. The first kappa shape index (κ1) is 14.6. The number of nitrogens with one attached hydrogen (secondary N) is 2. The van der Waals surface area contributed by atoms with E-state index in [2.05, 4.69) is 24.5 Å². The summed E-state index contributed by atoms with van der Waals surface area (Å²) < 4.78 is 5.38. The summed E-state index contributed by atoms with van der Waals surface area (Å²) in [6.45, 7) is 7.45. The van der Waals surface area contributed by atoms with Gasteiger partial charge in [-0.2, -0.15) is 0 Å². The van der Waals surface area contributed by atoms with Gasteiger partial charge in [0.15, 0.2) is 0 Å². The number of methoxy groups -OCH3 is 1. The molecular formula is C15H23ClN2O. The van der Waals surface area contributed by atoms with Crippen LogP contribution in [-0.4, -0.2) is 26.2 Å². The number of benzene rings is 1. The van der Waals surface area contributed by atoms with Crippen LogP contribution >= 0.6 is 11.6 Å². The van der Waals surface area contributed by atoms with Gasteiger partial charge in [-0.05, 0) is 30.5 Å². The molecule has 1 aromatic rings. The summed E-state index contributed by atoms with van der Waals surface area (Å²) in [5.41, 5.74) is 1.30. The lowest BCUT2D eigenvalue weighted by atomic mass is 9.80. The lowest BCUT2D eigenvalue weighted by molar-refractivity contribution is 0.183. The number of halogens is 1. The highest BCUT2D eigenvalue weighted by atomic mass is 35.5. The monoisotopic (exact) mass is 282 g/mol. The molecule has 4 heteroatoms. The number of ether oxygens (including phenoxy) is 1. The van der Waals surface area contributed by atoms with Crippen LogP contribution in [0.3, 0.4) is 0 Å². The summed E-state index contributed by atoms with van der Waals surface area (Å²) in [5, 5.41) is 7.85. The minimum absolute atomic E-state index is 0.257. The van der Waals surface area contributed by atoms with Gasteiger partial charge >= 0.3 is 0 Å². The van der Waals surface area contributed by atoms with Crippen LogP contribution in [0, 0.1) is 5.41 Å². The van der Waals surface area contributed by atoms with Crippen molar-refractivity contribution in [3.05, 3.63) is 28.8 Å². The normalized spacial score (nSPS) is 22.2. The second-order valence-corrected chi connectivity index (χ2v) is 6.22. The molecule has 1 heterocycles. The van der Waals surface area contributed by atoms with Gasteiger partial charge in [-0.3, -0.25) is 0 Å². The van der Waals surface area contributed by atoms with Crippen molar-refractivity contribution >= 4 is 11.6 Å². The molecule has 2 N–H and O–H groups in total. The van der Waals surface area contributed by atoms with Crippen LogP contribution in [0.4, 0.5) is 0 Å². The van der Waals surface area contributed by atoms with Crippen molar-refractivity contribution in [1.29, 1.82) is 0 Å². The van der Waals surface area contributed by atoms with Gasteiger partial charge < -0.3 is 15.4 Å². The van der Waals surface area contributed by atoms with Crippen LogP contribution in [0.2, 0.25) is 5.02 Å². The number of hydrogen-bond acceptors (Lipinski definition) is 3. The fourth-order valence-electron chi connectivity index (χ4n) is 2.68. The highest BCUT2D eigenvalue weighted by molar-refractivity contribution is 6.31. The Morgan fingerprint density at radius 2 is 2.26 bits per heavy atom. The molecule has 1 fully saturated rings. The molecule has 0 aliphatic carbocycles. The molecule has 1 aromatic carbocycles. The van der Waals surface area contributed by atoms with E-state index in [0.29, 0.717) is 6.04 Å². The minimum atomic E-state index is 0.257. The van der Waals surface area contributed by atoms with Crippen LogP contribution in [0.15, 0.2) is 18.2 Å². The highest BCUT2D eigenvalue weighted by Crippen LogP contribution is 2.29. The SMILES string of the molecule is COc1cccc(Cl)c1CNC1CCNCC1(C)C. The molecular weight excluding hydrogens is 260 g/mol. The second-order valence-electron chi connectivity index (χ2n) is 5.81. The summed E-state index contributed by atoms with van der Waals surface area (Å²) in [5.74, 6) is 0.853. The molecule has 1 aliphatic heterocycles. The van der Waals surface area contributed by atoms with E-state index in [1.54, 1.807) is 7.11 Å². The smallest absolute Gasteiger partial charge is 0.124 e. The van der Waals surface area contributed by atoms with E-state index in [9.17, 15) is 0 Å². The van der Waals surface area contributed by atoms with E-state index in [4.69, 9.17) is 16.3 Å². The Morgan fingerprint density at radius 1 is 1.47 bits per heavy atom. The Bertz CT molecular complexity index is 434. The zero-order valence-electron chi connectivity index (χ0n) is 11.9. The fourth-order valence-corrected chi connectivity index (χ4v) is 2.91. The number of piperidine rings is 1. The van der Waals surface area contributed by atoms with Crippen LogP contribution in [0.1, 0.15) is 25.8 Å². The summed E-state index contributed by atoms with van der Waals surface area (Å²) >= 11 is 6.26. The van der Waals surface area contributed by atoms with Crippen LogP contribution < -0.4 is 15.4 Å². The second kappa shape index (κ2) is 6.12. The molecule has 0 spiro atoms.